The van der Waals surface area contributed by atoms with Gasteiger partial charge in [0.1, 0.15) is 0 Å². The van der Waals surface area contributed by atoms with Gasteiger partial charge in [0.2, 0.25) is 17.6 Å². The van der Waals surface area contributed by atoms with Crippen LogP contribution in [0.3, 0.4) is 0 Å². The molecule has 0 atom stereocenters. The van der Waals surface area contributed by atoms with E-state index in [-0.39, 0.29) is 18.9 Å². The number of nitrogens with one attached hydrogen (secondary N) is 1. The molecule has 1 N–H and O–H groups in total. The summed E-state index contributed by atoms with van der Waals surface area (Å²) in [5, 5.41) is 7.31. The molecule has 2 aromatic carbocycles. The van der Waals surface area contributed by atoms with Gasteiger partial charge < -0.3 is 9.84 Å². The van der Waals surface area contributed by atoms with Crippen LogP contribution in [0, 0.1) is 0 Å². The largest absolute Gasteiger partial charge is 0.347 e. The maximum atomic E-state index is 12.0. The van der Waals surface area contributed by atoms with Gasteiger partial charge in [0.25, 0.3) is 0 Å². The number of amides is 1. The fourth-order valence-electron chi connectivity index (χ4n) is 2.11. The molecule has 24 heavy (non-hydrogen) atoms. The first-order valence-corrected chi connectivity index (χ1v) is 8.37. The van der Waals surface area contributed by atoms with Crippen LogP contribution in [0.15, 0.2) is 57.5 Å². The summed E-state index contributed by atoms with van der Waals surface area (Å²) in [5.41, 5.74) is 1.73. The van der Waals surface area contributed by atoms with Crippen LogP contribution in [-0.4, -0.2) is 16.0 Å². The number of carbonyl (C=O) groups excluding carboxylic acids is 1. The number of rotatable bonds is 5. The molecule has 0 saturated heterocycles. The molecule has 0 aliphatic heterocycles. The van der Waals surface area contributed by atoms with E-state index in [2.05, 4.69) is 31.4 Å². The van der Waals surface area contributed by atoms with Crippen LogP contribution in [0.1, 0.15) is 11.5 Å². The molecular weight excluding hydrogens is 394 g/mol. The van der Waals surface area contributed by atoms with E-state index in [0.717, 1.165) is 15.6 Å². The molecule has 122 valence electrons. The lowest BCUT2D eigenvalue weighted by Crippen LogP contribution is -2.24. The number of aromatic nitrogens is 2. The zero-order valence-electron chi connectivity index (χ0n) is 12.5. The van der Waals surface area contributed by atoms with E-state index in [1.807, 2.05) is 36.4 Å². The zero-order valence-corrected chi connectivity index (χ0v) is 14.8. The van der Waals surface area contributed by atoms with Crippen LogP contribution >= 0.6 is 27.5 Å². The van der Waals surface area contributed by atoms with Gasteiger partial charge >= 0.3 is 0 Å². The molecule has 1 amide bonds. The molecule has 0 radical (unpaired) electrons. The van der Waals surface area contributed by atoms with Gasteiger partial charge in [-0.1, -0.05) is 44.8 Å². The van der Waals surface area contributed by atoms with Crippen molar-refractivity contribution in [1.29, 1.82) is 0 Å². The molecule has 0 bridgehead atoms. The van der Waals surface area contributed by atoms with Crippen molar-refractivity contribution in [2.75, 3.05) is 0 Å². The van der Waals surface area contributed by atoms with E-state index in [4.69, 9.17) is 16.1 Å². The highest BCUT2D eigenvalue weighted by atomic mass is 79.9. The van der Waals surface area contributed by atoms with Gasteiger partial charge in [-0.05, 0) is 42.0 Å². The number of benzene rings is 2. The van der Waals surface area contributed by atoms with Crippen molar-refractivity contribution < 1.29 is 9.32 Å². The predicted molar refractivity (Wildman–Crippen MR) is 94.4 cm³/mol. The summed E-state index contributed by atoms with van der Waals surface area (Å²) in [6.07, 6.45) is 0.289. The Balaban J connectivity index is 1.57. The predicted octanol–water partition coefficient (Wildman–Crippen LogP) is 4.01. The number of nitrogens with zero attached hydrogens (tertiary/aromatic N) is 2. The van der Waals surface area contributed by atoms with Gasteiger partial charge in [-0.25, -0.2) is 0 Å². The van der Waals surface area contributed by atoms with Gasteiger partial charge in [-0.3, -0.25) is 4.79 Å². The highest BCUT2D eigenvalue weighted by molar-refractivity contribution is 9.10. The lowest BCUT2D eigenvalue weighted by atomic mass is 10.1. The highest BCUT2D eigenvalue weighted by Gasteiger charge is 2.10. The average Bonchev–Trinajstić information content (AvgIpc) is 3.03. The molecule has 0 spiro atoms. The zero-order chi connectivity index (χ0) is 16.9. The minimum absolute atomic E-state index is 0.112. The smallest absolute Gasteiger partial charge is 0.246 e. The Labute approximate surface area is 152 Å². The third-order valence-corrected chi connectivity index (χ3v) is 4.01. The standard InChI is InChI=1S/C17H13BrClN3O2/c18-13-3-1-2-11(8-13)9-15(23)20-10-16-21-17(22-24-16)12-4-6-14(19)7-5-12/h1-8H,9-10H2,(H,20,23). The molecule has 3 aromatic rings. The van der Waals surface area contributed by atoms with Crippen LogP contribution in [0.25, 0.3) is 11.4 Å². The van der Waals surface area contributed by atoms with Gasteiger partial charge in [0, 0.05) is 15.1 Å². The van der Waals surface area contributed by atoms with Crippen molar-refractivity contribution in [2.24, 2.45) is 0 Å². The quantitative estimate of drug-likeness (QED) is 0.695. The van der Waals surface area contributed by atoms with E-state index < -0.39 is 0 Å². The van der Waals surface area contributed by atoms with Crippen LogP contribution in [0.2, 0.25) is 5.02 Å². The van der Waals surface area contributed by atoms with E-state index in [1.165, 1.54) is 0 Å². The molecule has 0 saturated carbocycles. The molecule has 1 aromatic heterocycles. The first kappa shape index (κ1) is 16.7. The third kappa shape index (κ3) is 4.43. The summed E-state index contributed by atoms with van der Waals surface area (Å²) >= 11 is 9.23. The topological polar surface area (TPSA) is 68.0 Å². The fraction of sp³-hybridized carbons (Fsp3) is 0.118. The molecular formula is C17H13BrClN3O2. The molecule has 0 aliphatic carbocycles. The van der Waals surface area contributed by atoms with E-state index in [1.54, 1.807) is 12.1 Å². The second kappa shape index (κ2) is 7.59. The fourth-order valence-corrected chi connectivity index (χ4v) is 2.68. The number of halogens is 2. The molecule has 7 heteroatoms. The van der Waals surface area contributed by atoms with Gasteiger partial charge in [0.15, 0.2) is 0 Å². The first-order valence-electron chi connectivity index (χ1n) is 7.20. The average molecular weight is 407 g/mol. The molecule has 3 rings (SSSR count). The Morgan fingerprint density at radius 3 is 2.75 bits per heavy atom. The van der Waals surface area contributed by atoms with Crippen molar-refractivity contribution in [3.8, 4) is 11.4 Å². The van der Waals surface area contributed by atoms with Gasteiger partial charge in [-0.15, -0.1) is 0 Å². The van der Waals surface area contributed by atoms with Crippen molar-refractivity contribution in [3.63, 3.8) is 0 Å². The Morgan fingerprint density at radius 2 is 2.00 bits per heavy atom. The van der Waals surface area contributed by atoms with Crippen molar-refractivity contribution in [3.05, 3.63) is 69.5 Å². The summed E-state index contributed by atoms with van der Waals surface area (Å²) in [5.74, 6) is 0.699. The first-order chi connectivity index (χ1) is 11.6. The summed E-state index contributed by atoms with van der Waals surface area (Å²) in [6, 6.07) is 14.7. The normalized spacial score (nSPS) is 10.6. The van der Waals surface area contributed by atoms with Gasteiger partial charge in [-0.2, -0.15) is 4.98 Å². The minimum atomic E-state index is -0.112. The third-order valence-electron chi connectivity index (χ3n) is 3.26. The molecule has 0 unspecified atom stereocenters. The summed E-state index contributed by atoms with van der Waals surface area (Å²) in [4.78, 5) is 16.2. The maximum absolute atomic E-state index is 12.0. The van der Waals surface area contributed by atoms with Crippen molar-refractivity contribution >= 4 is 33.4 Å². The lowest BCUT2D eigenvalue weighted by molar-refractivity contribution is -0.120. The van der Waals surface area contributed by atoms with Crippen LogP contribution < -0.4 is 5.32 Å². The molecule has 1 heterocycles. The maximum Gasteiger partial charge on any atom is 0.246 e. The van der Waals surface area contributed by atoms with Crippen LogP contribution in [0.4, 0.5) is 0 Å². The second-order valence-electron chi connectivity index (χ2n) is 5.10. The van der Waals surface area contributed by atoms with Crippen molar-refractivity contribution in [2.45, 2.75) is 13.0 Å². The van der Waals surface area contributed by atoms with Crippen molar-refractivity contribution in [1.82, 2.24) is 15.5 Å². The number of hydrogen-bond acceptors (Lipinski definition) is 4. The Hall–Kier alpha value is -2.18. The summed E-state index contributed by atoms with van der Waals surface area (Å²) in [6.45, 7) is 0.188. The highest BCUT2D eigenvalue weighted by Crippen LogP contribution is 2.18. The van der Waals surface area contributed by atoms with Crippen LogP contribution in [-0.2, 0) is 17.8 Å². The molecule has 0 aliphatic rings. The lowest BCUT2D eigenvalue weighted by Gasteiger charge is -2.03. The van der Waals surface area contributed by atoms with E-state index >= 15 is 0 Å². The van der Waals surface area contributed by atoms with E-state index in [0.29, 0.717) is 16.7 Å². The van der Waals surface area contributed by atoms with Crippen LogP contribution in [0.5, 0.6) is 0 Å². The minimum Gasteiger partial charge on any atom is -0.347 e. The Bertz CT molecular complexity index is 849. The number of hydrogen-bond donors (Lipinski definition) is 1. The monoisotopic (exact) mass is 405 g/mol. The van der Waals surface area contributed by atoms with E-state index in [9.17, 15) is 4.79 Å². The summed E-state index contributed by atoms with van der Waals surface area (Å²) in [7, 11) is 0. The molecule has 0 fully saturated rings. The summed E-state index contributed by atoms with van der Waals surface area (Å²) < 4.78 is 6.09. The second-order valence-corrected chi connectivity index (χ2v) is 6.45. The van der Waals surface area contributed by atoms with Gasteiger partial charge in [0.05, 0.1) is 13.0 Å². The molecule has 5 nitrogen and oxygen atoms in total. The SMILES string of the molecule is O=C(Cc1cccc(Br)c1)NCc1nc(-c2ccc(Cl)cc2)no1. The Morgan fingerprint density at radius 1 is 1.21 bits per heavy atom. The Kier molecular flexibility index (Phi) is 5.27. The number of carbonyl (C=O) groups is 1.